The van der Waals surface area contributed by atoms with E-state index in [1.165, 1.54) is 12.1 Å². The van der Waals surface area contributed by atoms with Gasteiger partial charge in [0.1, 0.15) is 0 Å². The van der Waals surface area contributed by atoms with Crippen molar-refractivity contribution in [2.75, 3.05) is 6.61 Å². The van der Waals surface area contributed by atoms with E-state index in [9.17, 15) is 14.6 Å². The second-order valence-electron chi connectivity index (χ2n) is 5.71. The van der Waals surface area contributed by atoms with E-state index >= 15 is 0 Å². The van der Waals surface area contributed by atoms with Gasteiger partial charge >= 0.3 is 7.82 Å². The molecule has 1 aromatic carbocycles. The van der Waals surface area contributed by atoms with Crippen molar-refractivity contribution in [3.63, 3.8) is 0 Å². The number of hydrogen-bond acceptors (Lipinski definition) is 4. The van der Waals surface area contributed by atoms with Gasteiger partial charge in [-0.2, -0.15) is 0 Å². The summed E-state index contributed by atoms with van der Waals surface area (Å²) < 4.78 is 21.3. The molecule has 2 atom stereocenters. The number of halogens is 2. The molecule has 9 heteroatoms. The van der Waals surface area contributed by atoms with Crippen LogP contribution in [0.1, 0.15) is 11.9 Å². The van der Waals surface area contributed by atoms with Crippen LogP contribution in [-0.2, 0) is 13.6 Å². The largest absolute Gasteiger partial charge is 0.474 e. The topological polar surface area (TPSA) is 76.0 Å². The summed E-state index contributed by atoms with van der Waals surface area (Å²) in [6.45, 7) is 6.43. The molecule has 0 saturated heterocycles. The number of hydrogen-bond donors (Lipinski definition) is 2. The molecule has 21 heavy (non-hydrogen) atoms. The molecule has 1 rings (SSSR count). The molecule has 1 aromatic rings. The van der Waals surface area contributed by atoms with Gasteiger partial charge in [-0.05, 0) is 12.1 Å². The Balaban J connectivity index is 2.66. The molecule has 2 N–H and O–H groups in total. The maximum absolute atomic E-state index is 11.8. The molecule has 0 saturated carbocycles. The fourth-order valence-corrected chi connectivity index (χ4v) is 3.43. The van der Waals surface area contributed by atoms with Crippen molar-refractivity contribution >= 4 is 39.1 Å². The maximum Gasteiger partial charge on any atom is 0.474 e. The summed E-state index contributed by atoms with van der Waals surface area (Å²) in [6.07, 6.45) is -1.70. The van der Waals surface area contributed by atoms with Crippen molar-refractivity contribution in [1.82, 2.24) is 0 Å². The van der Waals surface area contributed by atoms with Gasteiger partial charge in [-0.1, -0.05) is 55.0 Å². The van der Waals surface area contributed by atoms with E-state index in [0.29, 0.717) is 6.04 Å². The van der Waals surface area contributed by atoms with Crippen LogP contribution in [0.5, 0.6) is 0 Å². The Morgan fingerprint density at radius 2 is 1.95 bits per heavy atom. The molecule has 0 aromatic heterocycles. The van der Waals surface area contributed by atoms with E-state index in [4.69, 9.17) is 32.2 Å². The van der Waals surface area contributed by atoms with Crippen LogP contribution in [0.25, 0.3) is 0 Å². The van der Waals surface area contributed by atoms with Gasteiger partial charge in [0.05, 0.1) is 16.7 Å². The Kier molecular flexibility index (Phi) is 6.90. The Labute approximate surface area is 135 Å². The van der Waals surface area contributed by atoms with Gasteiger partial charge in [-0.25, -0.2) is 4.57 Å². The Hall–Kier alpha value is 0.0869. The molecule has 5 nitrogen and oxygen atoms in total. The Morgan fingerprint density at radius 3 is 2.52 bits per heavy atom. The molecule has 120 valence electrons. The first-order valence-electron chi connectivity index (χ1n) is 6.29. The van der Waals surface area contributed by atoms with Gasteiger partial charge in [0.25, 0.3) is 0 Å². The molecule has 0 bridgehead atoms. The van der Waals surface area contributed by atoms with Crippen molar-refractivity contribution in [2.24, 2.45) is 0 Å². The summed E-state index contributed by atoms with van der Waals surface area (Å²) in [5, 5.41) is 10.1. The SMILES string of the molecule is C[Si](C)(C)CCOP(=O)(O)OC(O)c1cccc(Cl)c1Cl. The van der Waals surface area contributed by atoms with Crippen molar-refractivity contribution < 1.29 is 23.6 Å². The molecule has 2 unspecified atom stereocenters. The fraction of sp³-hybridized carbons (Fsp3) is 0.500. The molecule has 0 aliphatic rings. The highest BCUT2D eigenvalue weighted by Crippen LogP contribution is 2.48. The van der Waals surface area contributed by atoms with Crippen molar-refractivity contribution in [2.45, 2.75) is 32.0 Å². The third-order valence-electron chi connectivity index (χ3n) is 2.59. The van der Waals surface area contributed by atoms with Crippen molar-refractivity contribution in [3.8, 4) is 0 Å². The van der Waals surface area contributed by atoms with E-state index in [-0.39, 0.29) is 22.2 Å². The minimum absolute atomic E-state index is 0.0637. The van der Waals surface area contributed by atoms with Crippen LogP contribution in [0, 0.1) is 0 Å². The average molecular weight is 373 g/mol. The summed E-state index contributed by atoms with van der Waals surface area (Å²) in [5.41, 5.74) is 0.104. The summed E-state index contributed by atoms with van der Waals surface area (Å²) in [6, 6.07) is 5.23. The predicted molar refractivity (Wildman–Crippen MR) is 86.4 cm³/mol. The zero-order valence-corrected chi connectivity index (χ0v) is 15.5. The molecule has 0 spiro atoms. The predicted octanol–water partition coefficient (Wildman–Crippen LogP) is 4.46. The first-order valence-corrected chi connectivity index (χ1v) is 12.3. The van der Waals surface area contributed by atoms with Crippen LogP contribution in [0.15, 0.2) is 18.2 Å². The van der Waals surface area contributed by atoms with Gasteiger partial charge in [-0.15, -0.1) is 0 Å². The number of benzene rings is 1. The van der Waals surface area contributed by atoms with Crippen LogP contribution in [-0.4, -0.2) is 24.7 Å². The Morgan fingerprint density at radius 1 is 1.33 bits per heavy atom. The first kappa shape index (κ1) is 19.1. The zero-order chi connectivity index (χ0) is 16.3. The zero-order valence-electron chi connectivity index (χ0n) is 12.0. The normalized spacial score (nSPS) is 16.5. The van der Waals surface area contributed by atoms with E-state index in [1.807, 2.05) is 0 Å². The van der Waals surface area contributed by atoms with E-state index in [1.54, 1.807) is 6.07 Å². The van der Waals surface area contributed by atoms with Crippen molar-refractivity contribution in [3.05, 3.63) is 33.8 Å². The molecular formula is C12H19Cl2O5PSi. The molecule has 0 aliphatic carbocycles. The standard InChI is InChI=1S/C12H19Cl2O5PSi/c1-21(2,3)8-7-18-20(16,17)19-12(15)9-5-4-6-10(13)11(9)14/h4-6,12,15H,7-8H2,1-3H3,(H,16,17). The van der Waals surface area contributed by atoms with E-state index in [2.05, 4.69) is 19.6 Å². The van der Waals surface area contributed by atoms with Gasteiger partial charge < -0.3 is 10.00 Å². The number of rotatable bonds is 7. The van der Waals surface area contributed by atoms with Gasteiger partial charge in [0.15, 0.2) is 6.29 Å². The molecule has 0 heterocycles. The minimum Gasteiger partial charge on any atom is -0.364 e. The molecule has 0 aliphatic heterocycles. The third-order valence-corrected chi connectivity index (χ3v) is 6.10. The van der Waals surface area contributed by atoms with Gasteiger partial charge in [0, 0.05) is 13.6 Å². The highest BCUT2D eigenvalue weighted by Gasteiger charge is 2.28. The van der Waals surface area contributed by atoms with E-state index in [0.717, 1.165) is 0 Å². The monoisotopic (exact) mass is 372 g/mol. The van der Waals surface area contributed by atoms with Gasteiger partial charge in [-0.3, -0.25) is 9.05 Å². The smallest absolute Gasteiger partial charge is 0.364 e. The lowest BCUT2D eigenvalue weighted by atomic mass is 10.2. The lowest BCUT2D eigenvalue weighted by molar-refractivity contribution is -0.0440. The number of phosphoric acid groups is 1. The number of aliphatic hydroxyl groups is 1. The van der Waals surface area contributed by atoms with Crippen LogP contribution in [0.4, 0.5) is 0 Å². The molecule has 0 radical (unpaired) electrons. The van der Waals surface area contributed by atoms with E-state index < -0.39 is 22.2 Å². The maximum atomic E-state index is 11.8. The van der Waals surface area contributed by atoms with Crippen molar-refractivity contribution in [1.29, 1.82) is 0 Å². The summed E-state index contributed by atoms with van der Waals surface area (Å²) in [4.78, 5) is 9.59. The van der Waals surface area contributed by atoms with Crippen LogP contribution in [0.3, 0.4) is 0 Å². The average Bonchev–Trinajstić information content (AvgIpc) is 2.29. The molecule has 0 amide bonds. The summed E-state index contributed by atoms with van der Waals surface area (Å²) >= 11 is 11.7. The summed E-state index contributed by atoms with van der Waals surface area (Å²) in [7, 11) is -5.76. The Bertz CT molecular complexity index is 535. The first-order chi connectivity index (χ1) is 9.52. The quantitative estimate of drug-likeness (QED) is 0.419. The molecule has 0 fully saturated rings. The van der Waals surface area contributed by atoms with Gasteiger partial charge in [0.2, 0.25) is 0 Å². The van der Waals surface area contributed by atoms with Crippen LogP contribution >= 0.6 is 31.0 Å². The minimum atomic E-state index is -4.36. The highest BCUT2D eigenvalue weighted by molar-refractivity contribution is 7.47. The molecular weight excluding hydrogens is 354 g/mol. The highest BCUT2D eigenvalue weighted by atomic mass is 35.5. The second-order valence-corrected chi connectivity index (χ2v) is 13.5. The fourth-order valence-electron chi connectivity index (χ4n) is 1.39. The summed E-state index contributed by atoms with van der Waals surface area (Å²) in [5.74, 6) is 0. The third kappa shape index (κ3) is 6.80. The number of phosphoric ester groups is 1. The number of aliphatic hydroxyl groups excluding tert-OH is 1. The van der Waals surface area contributed by atoms with Crippen LogP contribution < -0.4 is 0 Å². The van der Waals surface area contributed by atoms with Crippen LogP contribution in [0.2, 0.25) is 35.7 Å². The lowest BCUT2D eigenvalue weighted by Gasteiger charge is -2.20. The second kappa shape index (κ2) is 7.57. The lowest BCUT2D eigenvalue weighted by Crippen LogP contribution is -2.21.